The van der Waals surface area contributed by atoms with Gasteiger partial charge in [0, 0.05) is 20.6 Å². The molecule has 0 aromatic carbocycles. The highest BCUT2D eigenvalue weighted by Gasteiger charge is 2.20. The normalized spacial score (nSPS) is 11.9. The van der Waals surface area contributed by atoms with E-state index in [2.05, 4.69) is 25.9 Å². The fourth-order valence-corrected chi connectivity index (χ4v) is 1.25. The summed E-state index contributed by atoms with van der Waals surface area (Å²) in [5.41, 5.74) is 0. The van der Waals surface area contributed by atoms with Crippen molar-refractivity contribution in [2.45, 2.75) is 6.92 Å². The van der Waals surface area contributed by atoms with Crippen LogP contribution in [0, 0.1) is 5.92 Å². The highest BCUT2D eigenvalue weighted by Crippen LogP contribution is 2.01. The van der Waals surface area contributed by atoms with Gasteiger partial charge < -0.3 is 10.2 Å². The fourth-order valence-electron chi connectivity index (χ4n) is 1.25. The van der Waals surface area contributed by atoms with Crippen LogP contribution >= 0.6 is 0 Å². The fraction of sp³-hybridized carbons (Fsp3) is 0.625. The van der Waals surface area contributed by atoms with Crippen molar-refractivity contribution in [1.82, 2.24) is 30.8 Å². The van der Waals surface area contributed by atoms with Gasteiger partial charge in [-0.2, -0.15) is 5.21 Å². The lowest BCUT2D eigenvalue weighted by Crippen LogP contribution is -2.37. The Bertz CT molecular complexity index is 363. The molecule has 2 N–H and O–H groups in total. The van der Waals surface area contributed by atoms with E-state index in [-0.39, 0.29) is 23.6 Å². The van der Waals surface area contributed by atoms with E-state index in [0.29, 0.717) is 6.54 Å². The predicted octanol–water partition coefficient (Wildman–Crippen LogP) is -1.35. The maximum absolute atomic E-state index is 11.7. The number of carbonyl (C=O) groups excluding carboxylic acids is 2. The topological polar surface area (TPSA) is 104 Å². The maximum atomic E-state index is 11.7. The average molecular weight is 226 g/mol. The van der Waals surface area contributed by atoms with Crippen LogP contribution in [0.2, 0.25) is 0 Å². The number of rotatable bonds is 4. The minimum absolute atomic E-state index is 0.00777. The number of aromatic nitrogens is 4. The van der Waals surface area contributed by atoms with E-state index in [1.54, 1.807) is 21.0 Å². The molecule has 0 radical (unpaired) electrons. The number of hydrogen-bond acceptors (Lipinski definition) is 5. The van der Waals surface area contributed by atoms with Gasteiger partial charge >= 0.3 is 0 Å². The molecule has 0 spiro atoms. The molecule has 0 aliphatic carbocycles. The third kappa shape index (κ3) is 2.75. The van der Waals surface area contributed by atoms with Crippen molar-refractivity contribution >= 4 is 11.8 Å². The highest BCUT2D eigenvalue weighted by atomic mass is 16.2. The molecule has 1 rings (SSSR count). The van der Waals surface area contributed by atoms with Crippen molar-refractivity contribution in [2.24, 2.45) is 5.92 Å². The van der Waals surface area contributed by atoms with Crippen LogP contribution in [0.4, 0.5) is 0 Å². The molecule has 8 nitrogen and oxygen atoms in total. The molecule has 0 saturated heterocycles. The van der Waals surface area contributed by atoms with Crippen LogP contribution in [0.15, 0.2) is 0 Å². The smallest absolute Gasteiger partial charge is 0.295 e. The van der Waals surface area contributed by atoms with Crippen LogP contribution in [-0.2, 0) is 4.79 Å². The molecule has 0 fully saturated rings. The first-order chi connectivity index (χ1) is 7.56. The van der Waals surface area contributed by atoms with E-state index < -0.39 is 0 Å². The molecule has 1 aromatic heterocycles. The van der Waals surface area contributed by atoms with Crippen molar-refractivity contribution in [3.05, 3.63) is 5.82 Å². The summed E-state index contributed by atoms with van der Waals surface area (Å²) in [6, 6.07) is 0. The number of tetrazole rings is 1. The summed E-state index contributed by atoms with van der Waals surface area (Å²) >= 11 is 0. The molecule has 0 aliphatic rings. The van der Waals surface area contributed by atoms with Crippen LogP contribution in [-0.4, -0.2) is 58.0 Å². The van der Waals surface area contributed by atoms with Crippen LogP contribution in [0.1, 0.15) is 17.5 Å². The Hall–Kier alpha value is -1.99. The lowest BCUT2D eigenvalue weighted by molar-refractivity contribution is -0.124. The number of aromatic amines is 1. The second kappa shape index (κ2) is 5.19. The first kappa shape index (κ1) is 12.1. The lowest BCUT2D eigenvalue weighted by atomic mass is 10.1. The summed E-state index contributed by atoms with van der Waals surface area (Å²) in [7, 11) is 3.14. The van der Waals surface area contributed by atoms with E-state index in [0.717, 1.165) is 0 Å². The van der Waals surface area contributed by atoms with Gasteiger partial charge in [0.2, 0.25) is 5.91 Å². The van der Waals surface area contributed by atoms with E-state index in [9.17, 15) is 9.59 Å². The molecule has 16 heavy (non-hydrogen) atoms. The third-order valence-corrected chi connectivity index (χ3v) is 2.13. The van der Waals surface area contributed by atoms with Gasteiger partial charge in [-0.05, 0) is 5.21 Å². The van der Waals surface area contributed by atoms with Gasteiger partial charge in [-0.3, -0.25) is 9.59 Å². The van der Waals surface area contributed by atoms with Gasteiger partial charge in [-0.1, -0.05) is 6.92 Å². The molecule has 88 valence electrons. The summed E-state index contributed by atoms with van der Waals surface area (Å²) < 4.78 is 0. The average Bonchev–Trinajstić information content (AvgIpc) is 2.79. The SMILES string of the molecule is CNC(=O)C(C)CN(C)C(=O)c1nn[nH]n1. The minimum atomic E-state index is -0.371. The molecular formula is C8H14N6O2. The molecule has 8 heteroatoms. The third-order valence-electron chi connectivity index (χ3n) is 2.13. The minimum Gasteiger partial charge on any atom is -0.359 e. The Morgan fingerprint density at radius 3 is 2.75 bits per heavy atom. The van der Waals surface area contributed by atoms with Crippen molar-refractivity contribution in [2.75, 3.05) is 20.6 Å². The Labute approximate surface area is 92.4 Å². The van der Waals surface area contributed by atoms with Crippen molar-refractivity contribution in [1.29, 1.82) is 0 Å². The van der Waals surface area contributed by atoms with Crippen LogP contribution in [0.25, 0.3) is 0 Å². The van der Waals surface area contributed by atoms with Crippen molar-refractivity contribution in [3.8, 4) is 0 Å². The molecule has 1 unspecified atom stereocenters. The number of hydrogen-bond donors (Lipinski definition) is 2. The number of nitrogens with one attached hydrogen (secondary N) is 2. The predicted molar refractivity (Wildman–Crippen MR) is 54.4 cm³/mol. The largest absolute Gasteiger partial charge is 0.359 e. The first-order valence-electron chi connectivity index (χ1n) is 4.76. The number of H-pyrrole nitrogens is 1. The molecule has 1 heterocycles. The summed E-state index contributed by atoms with van der Waals surface area (Å²) in [6.07, 6.45) is 0. The van der Waals surface area contributed by atoms with Crippen LogP contribution < -0.4 is 5.32 Å². The lowest BCUT2D eigenvalue weighted by Gasteiger charge is -2.18. The van der Waals surface area contributed by atoms with Crippen LogP contribution in [0.5, 0.6) is 0 Å². The van der Waals surface area contributed by atoms with Gasteiger partial charge in [0.25, 0.3) is 11.7 Å². The molecule has 0 bridgehead atoms. The zero-order valence-corrected chi connectivity index (χ0v) is 9.39. The number of amides is 2. The highest BCUT2D eigenvalue weighted by molar-refractivity contribution is 5.90. The Kier molecular flexibility index (Phi) is 3.92. The Morgan fingerprint density at radius 1 is 1.56 bits per heavy atom. The van der Waals surface area contributed by atoms with Gasteiger partial charge in [-0.25, -0.2) is 0 Å². The summed E-state index contributed by atoms with van der Waals surface area (Å²) in [4.78, 5) is 24.3. The molecule has 0 saturated carbocycles. The molecule has 2 amide bonds. The zero-order valence-electron chi connectivity index (χ0n) is 9.39. The summed E-state index contributed by atoms with van der Waals surface area (Å²) in [5, 5.41) is 15.1. The second-order valence-electron chi connectivity index (χ2n) is 3.44. The summed E-state index contributed by atoms with van der Waals surface area (Å²) in [5.74, 6) is -0.783. The van der Waals surface area contributed by atoms with E-state index in [1.165, 1.54) is 4.90 Å². The molecule has 1 atom stereocenters. The van der Waals surface area contributed by atoms with E-state index >= 15 is 0 Å². The van der Waals surface area contributed by atoms with Gasteiger partial charge in [0.1, 0.15) is 0 Å². The standard InChI is InChI=1S/C8H14N6O2/c1-5(7(15)9-2)4-14(3)8(16)6-10-12-13-11-6/h5H,4H2,1-3H3,(H,9,15)(H,10,11,12,13). The molecule has 1 aromatic rings. The second-order valence-corrected chi connectivity index (χ2v) is 3.44. The first-order valence-corrected chi connectivity index (χ1v) is 4.76. The zero-order chi connectivity index (χ0) is 12.1. The Morgan fingerprint density at radius 2 is 2.25 bits per heavy atom. The maximum Gasteiger partial charge on any atom is 0.295 e. The van der Waals surface area contributed by atoms with E-state index in [1.807, 2.05) is 0 Å². The van der Waals surface area contributed by atoms with Gasteiger partial charge in [0.05, 0.1) is 5.92 Å². The molecule has 0 aliphatic heterocycles. The monoisotopic (exact) mass is 226 g/mol. The number of carbonyl (C=O) groups is 2. The van der Waals surface area contributed by atoms with Crippen molar-refractivity contribution in [3.63, 3.8) is 0 Å². The van der Waals surface area contributed by atoms with E-state index in [4.69, 9.17) is 0 Å². The summed E-state index contributed by atoms with van der Waals surface area (Å²) in [6.45, 7) is 2.03. The Balaban J connectivity index is 2.56. The van der Waals surface area contributed by atoms with Crippen molar-refractivity contribution < 1.29 is 9.59 Å². The quantitative estimate of drug-likeness (QED) is 0.660. The van der Waals surface area contributed by atoms with Gasteiger partial charge in [-0.15, -0.1) is 10.2 Å². The number of nitrogens with zero attached hydrogens (tertiary/aromatic N) is 4. The molecular weight excluding hydrogens is 212 g/mol. The van der Waals surface area contributed by atoms with Crippen LogP contribution in [0.3, 0.4) is 0 Å². The van der Waals surface area contributed by atoms with Gasteiger partial charge in [0.15, 0.2) is 0 Å².